The smallest absolute Gasteiger partial charge is 0.173 e. The van der Waals surface area contributed by atoms with Crippen LogP contribution in [0.15, 0.2) is 0 Å². The molecule has 1 heterocycles. The Kier molecular flexibility index (Phi) is 5.24. The maximum absolute atomic E-state index is 10.2. The van der Waals surface area contributed by atoms with E-state index in [0.29, 0.717) is 12.3 Å². The highest BCUT2D eigenvalue weighted by atomic mass is 16.7. The van der Waals surface area contributed by atoms with Crippen LogP contribution >= 0.6 is 0 Å². The topological polar surface area (TPSA) is 163 Å². The molecule has 0 spiro atoms. The largest absolute Gasteiger partial charge is 0.389 e. The highest BCUT2D eigenvalue weighted by Gasteiger charge is 2.45. The monoisotopic (exact) mass is 330 g/mol. The van der Waals surface area contributed by atoms with Crippen molar-refractivity contribution in [1.82, 2.24) is 0 Å². The van der Waals surface area contributed by atoms with Gasteiger partial charge in [0.2, 0.25) is 0 Å². The molecule has 0 aromatic carbocycles. The number of aliphatic hydroxyl groups is 2. The van der Waals surface area contributed by atoms with Gasteiger partial charge in [-0.3, -0.25) is 0 Å². The molecular weight excluding hydrogens is 300 g/mol. The molecule has 8 nitrogen and oxygen atoms in total. The van der Waals surface area contributed by atoms with Crippen molar-refractivity contribution in [3.63, 3.8) is 0 Å². The second-order valence-corrected chi connectivity index (χ2v) is 7.34. The van der Waals surface area contributed by atoms with Gasteiger partial charge >= 0.3 is 0 Å². The van der Waals surface area contributed by atoms with Crippen LogP contribution in [-0.4, -0.2) is 65.1 Å². The molecule has 9 atom stereocenters. The van der Waals surface area contributed by atoms with E-state index in [9.17, 15) is 10.2 Å². The number of nitrogens with two attached hydrogens (primary N) is 4. The van der Waals surface area contributed by atoms with Crippen molar-refractivity contribution < 1.29 is 19.7 Å². The summed E-state index contributed by atoms with van der Waals surface area (Å²) < 4.78 is 11.8. The summed E-state index contributed by atoms with van der Waals surface area (Å²) in [7, 11) is 0. The van der Waals surface area contributed by atoms with Crippen molar-refractivity contribution in [2.45, 2.75) is 87.0 Å². The summed E-state index contributed by atoms with van der Waals surface area (Å²) in [6.07, 6.45) is 0.492. The maximum atomic E-state index is 10.2. The van der Waals surface area contributed by atoms with Crippen LogP contribution in [0.25, 0.3) is 0 Å². The molecule has 8 heteroatoms. The molecule has 0 amide bonds. The van der Waals surface area contributed by atoms with Crippen molar-refractivity contribution in [2.24, 2.45) is 28.9 Å². The Balaban J connectivity index is 1.62. The van der Waals surface area contributed by atoms with Gasteiger partial charge in [-0.15, -0.1) is 0 Å². The lowest BCUT2D eigenvalue weighted by Crippen LogP contribution is -2.64. The summed E-state index contributed by atoms with van der Waals surface area (Å²) in [5.74, 6) is 0.525. The van der Waals surface area contributed by atoms with Crippen LogP contribution in [0.1, 0.15) is 32.1 Å². The minimum atomic E-state index is -1.15. The molecule has 1 saturated heterocycles. The number of hydrogen-bond donors (Lipinski definition) is 6. The van der Waals surface area contributed by atoms with Gasteiger partial charge in [-0.05, 0) is 38.0 Å². The molecule has 3 aliphatic rings. The van der Waals surface area contributed by atoms with Crippen molar-refractivity contribution >= 4 is 0 Å². The Morgan fingerprint density at radius 3 is 2.26 bits per heavy atom. The van der Waals surface area contributed by atoms with Gasteiger partial charge in [-0.25, -0.2) is 0 Å². The van der Waals surface area contributed by atoms with Gasteiger partial charge in [0, 0.05) is 18.1 Å². The van der Waals surface area contributed by atoms with Crippen molar-refractivity contribution in [2.75, 3.05) is 0 Å². The highest BCUT2D eigenvalue weighted by Crippen LogP contribution is 2.36. The Morgan fingerprint density at radius 2 is 1.61 bits per heavy atom. The third-order valence-corrected chi connectivity index (χ3v) is 5.42. The van der Waals surface area contributed by atoms with Gasteiger partial charge in [0.05, 0.1) is 18.2 Å². The zero-order valence-electron chi connectivity index (χ0n) is 13.3. The summed E-state index contributed by atoms with van der Waals surface area (Å²) in [5.41, 5.74) is 24.1. The minimum absolute atomic E-state index is 0.00225. The molecule has 3 fully saturated rings. The molecule has 0 aromatic rings. The summed E-state index contributed by atoms with van der Waals surface area (Å²) >= 11 is 0. The number of ether oxygens (including phenoxy) is 2. The fraction of sp³-hybridized carbons (Fsp3) is 1.00. The Hall–Kier alpha value is -0.320. The fourth-order valence-corrected chi connectivity index (χ4v) is 3.66. The van der Waals surface area contributed by atoms with Crippen LogP contribution in [0.5, 0.6) is 0 Å². The first-order valence-corrected chi connectivity index (χ1v) is 8.58. The van der Waals surface area contributed by atoms with E-state index >= 15 is 0 Å². The molecule has 9 unspecified atom stereocenters. The second kappa shape index (κ2) is 6.89. The fourth-order valence-electron chi connectivity index (χ4n) is 3.66. The maximum Gasteiger partial charge on any atom is 0.173 e. The first-order chi connectivity index (χ1) is 10.9. The molecule has 2 aliphatic carbocycles. The lowest BCUT2D eigenvalue weighted by molar-refractivity contribution is -0.256. The SMILES string of the molecule is NC1CCC(C(N)C2CC2)OC1OC1C(N)CC(N)C(O)C1O. The third-order valence-electron chi connectivity index (χ3n) is 5.42. The van der Waals surface area contributed by atoms with Crippen LogP contribution < -0.4 is 22.9 Å². The summed E-state index contributed by atoms with van der Waals surface area (Å²) in [6, 6.07) is -1.34. The average molecular weight is 330 g/mol. The van der Waals surface area contributed by atoms with E-state index < -0.39 is 36.7 Å². The van der Waals surface area contributed by atoms with E-state index in [1.54, 1.807) is 0 Å². The predicted octanol–water partition coefficient (Wildman–Crippen LogP) is -2.28. The van der Waals surface area contributed by atoms with Crippen molar-refractivity contribution in [3.8, 4) is 0 Å². The number of rotatable bonds is 4. The Bertz CT molecular complexity index is 411. The normalized spacial score (nSPS) is 49.8. The summed E-state index contributed by atoms with van der Waals surface area (Å²) in [6.45, 7) is 0. The predicted molar refractivity (Wildman–Crippen MR) is 84.0 cm³/mol. The van der Waals surface area contributed by atoms with E-state index in [1.165, 1.54) is 0 Å². The van der Waals surface area contributed by atoms with E-state index in [1.807, 2.05) is 0 Å². The zero-order valence-corrected chi connectivity index (χ0v) is 13.3. The zero-order chi connectivity index (χ0) is 16.7. The van der Waals surface area contributed by atoms with Crippen LogP contribution in [0.4, 0.5) is 0 Å². The summed E-state index contributed by atoms with van der Waals surface area (Å²) in [4.78, 5) is 0. The van der Waals surface area contributed by atoms with E-state index in [4.69, 9.17) is 32.4 Å². The van der Waals surface area contributed by atoms with Crippen LogP contribution in [0, 0.1) is 5.92 Å². The molecule has 10 N–H and O–H groups in total. The molecule has 23 heavy (non-hydrogen) atoms. The second-order valence-electron chi connectivity index (χ2n) is 7.34. The molecule has 1 aliphatic heterocycles. The van der Waals surface area contributed by atoms with Gasteiger partial charge in [0.25, 0.3) is 0 Å². The molecule has 0 bridgehead atoms. The van der Waals surface area contributed by atoms with Gasteiger partial charge in [0.15, 0.2) is 6.29 Å². The lowest BCUT2D eigenvalue weighted by atomic mass is 9.84. The number of hydrogen-bond acceptors (Lipinski definition) is 8. The van der Waals surface area contributed by atoms with E-state index in [0.717, 1.165) is 25.7 Å². The van der Waals surface area contributed by atoms with Crippen LogP contribution in [-0.2, 0) is 9.47 Å². The van der Waals surface area contributed by atoms with Gasteiger partial charge in [0.1, 0.15) is 12.2 Å². The van der Waals surface area contributed by atoms with Gasteiger partial charge < -0.3 is 42.6 Å². The van der Waals surface area contributed by atoms with Gasteiger partial charge in [-0.1, -0.05) is 0 Å². The first-order valence-electron chi connectivity index (χ1n) is 8.58. The molecule has 3 rings (SSSR count). The van der Waals surface area contributed by atoms with Gasteiger partial charge in [-0.2, -0.15) is 0 Å². The average Bonchev–Trinajstić information content (AvgIpc) is 3.35. The lowest BCUT2D eigenvalue weighted by Gasteiger charge is -2.44. The molecular formula is C15H30N4O4. The Labute approximate surface area is 136 Å². The van der Waals surface area contributed by atoms with E-state index in [-0.39, 0.29) is 18.2 Å². The van der Waals surface area contributed by atoms with Crippen LogP contribution in [0.3, 0.4) is 0 Å². The number of aliphatic hydroxyl groups excluding tert-OH is 2. The highest BCUT2D eigenvalue weighted by molar-refractivity contribution is 4.98. The Morgan fingerprint density at radius 1 is 0.913 bits per heavy atom. The molecule has 0 radical (unpaired) electrons. The van der Waals surface area contributed by atoms with Crippen molar-refractivity contribution in [1.29, 1.82) is 0 Å². The quantitative estimate of drug-likeness (QED) is 0.336. The first kappa shape index (κ1) is 17.5. The molecule has 134 valence electrons. The molecule has 2 saturated carbocycles. The standard InChI is InChI=1S/C15H30N4O4/c16-7-3-4-10(11(19)6-1-2-6)22-15(7)23-14-9(18)5-8(17)12(20)13(14)21/h6-15,20-21H,1-5,16-19H2. The van der Waals surface area contributed by atoms with E-state index in [2.05, 4.69) is 0 Å². The van der Waals surface area contributed by atoms with Crippen LogP contribution in [0.2, 0.25) is 0 Å². The minimum Gasteiger partial charge on any atom is -0.389 e. The molecule has 0 aromatic heterocycles. The summed E-state index contributed by atoms with van der Waals surface area (Å²) in [5, 5.41) is 20.2. The third kappa shape index (κ3) is 3.69. The van der Waals surface area contributed by atoms with Crippen molar-refractivity contribution in [3.05, 3.63) is 0 Å².